The predicted molar refractivity (Wildman–Crippen MR) is 145 cm³/mol. The Kier molecular flexibility index (Phi) is 19.7. The molecule has 41 heavy (non-hydrogen) atoms. The maximum absolute atomic E-state index is 11.6. The Morgan fingerprint density at radius 2 is 1.02 bits per heavy atom. The molecule has 0 fully saturated rings. The van der Waals surface area contributed by atoms with Crippen molar-refractivity contribution in [3.8, 4) is 0 Å². The van der Waals surface area contributed by atoms with Gasteiger partial charge in [0.05, 0.1) is 32.7 Å². The third kappa shape index (κ3) is 19.5. The van der Waals surface area contributed by atoms with E-state index in [1.807, 2.05) is 24.3 Å². The molecular weight excluding hydrogens is 688 g/mol. The molecular formula is C26H42GdN3O11+4. The summed E-state index contributed by atoms with van der Waals surface area (Å²) in [5, 5.41) is 46.4. The fraction of sp³-hybridized carbons (Fsp3) is 0.577. The van der Waals surface area contributed by atoms with Crippen LogP contribution >= 0.6 is 0 Å². The van der Waals surface area contributed by atoms with Crippen LogP contribution in [0.5, 0.6) is 0 Å². The van der Waals surface area contributed by atoms with Crippen molar-refractivity contribution in [1.82, 2.24) is 14.7 Å². The summed E-state index contributed by atoms with van der Waals surface area (Å²) in [6, 6.07) is 6.91. The van der Waals surface area contributed by atoms with E-state index >= 15 is 0 Å². The van der Waals surface area contributed by atoms with E-state index < -0.39 is 68.6 Å². The van der Waals surface area contributed by atoms with Gasteiger partial charge in [-0.25, -0.2) is 0 Å². The van der Waals surface area contributed by atoms with Crippen LogP contribution in [0, 0.1) is 45.4 Å². The van der Waals surface area contributed by atoms with Crippen LogP contribution in [0.4, 0.5) is 0 Å². The zero-order chi connectivity index (χ0) is 29.8. The van der Waals surface area contributed by atoms with Crippen LogP contribution in [0.15, 0.2) is 24.3 Å². The largest absolute Gasteiger partial charge is 3.00 e. The summed E-state index contributed by atoms with van der Waals surface area (Å²) in [6.07, 6.45) is 1.05. The molecule has 231 valence electrons. The summed E-state index contributed by atoms with van der Waals surface area (Å²) in [6.45, 7) is 3.33. The van der Waals surface area contributed by atoms with Crippen molar-refractivity contribution in [2.45, 2.75) is 39.7 Å². The van der Waals surface area contributed by atoms with Crippen molar-refractivity contribution in [3.05, 3.63) is 35.4 Å². The normalized spacial score (nSPS) is 12.0. The Morgan fingerprint density at radius 3 is 1.41 bits per heavy atom. The summed E-state index contributed by atoms with van der Waals surface area (Å²) in [5.41, 5.74) is 1.96. The van der Waals surface area contributed by atoms with Crippen LogP contribution < -0.4 is 0 Å². The third-order valence-corrected chi connectivity index (χ3v) is 5.70. The fourth-order valence-corrected chi connectivity index (χ4v) is 4.25. The Labute approximate surface area is 270 Å². The molecule has 8 N–H and O–H groups in total. The van der Waals surface area contributed by atoms with Crippen LogP contribution in [-0.2, 0) is 42.3 Å². The second kappa shape index (κ2) is 19.8. The fourth-order valence-electron chi connectivity index (χ4n) is 4.25. The summed E-state index contributed by atoms with van der Waals surface area (Å²) in [4.78, 5) is 60.7. The Bertz CT molecular complexity index is 967. The molecule has 0 aromatic heterocycles. The second-order valence-corrected chi connectivity index (χ2v) is 10.7. The minimum absolute atomic E-state index is 0. The van der Waals surface area contributed by atoms with Crippen LogP contribution in [-0.4, -0.2) is 128 Å². The van der Waals surface area contributed by atoms with Gasteiger partial charge in [0.2, 0.25) is 0 Å². The first-order chi connectivity index (χ1) is 18.0. The van der Waals surface area contributed by atoms with E-state index in [0.29, 0.717) is 0 Å². The molecule has 1 atom stereocenters. The zero-order valence-corrected chi connectivity index (χ0v) is 25.8. The van der Waals surface area contributed by atoms with Gasteiger partial charge in [0, 0.05) is 25.7 Å². The first kappa shape index (κ1) is 40.9. The Hall–Kier alpha value is -2.27. The number of hydrogen-bond acceptors (Lipinski definition) is 8. The molecule has 0 saturated heterocycles. The Balaban J connectivity index is 0. The van der Waals surface area contributed by atoms with E-state index in [2.05, 4.69) is 20.8 Å². The van der Waals surface area contributed by atoms with Gasteiger partial charge in [0.15, 0.2) is 0 Å². The average molecular weight is 730 g/mol. The summed E-state index contributed by atoms with van der Waals surface area (Å²) < 4.78 is 0. The van der Waals surface area contributed by atoms with Gasteiger partial charge in [-0.15, -0.1) is 0 Å². The van der Waals surface area contributed by atoms with Gasteiger partial charge in [-0.2, -0.15) is 0 Å². The van der Waals surface area contributed by atoms with Crippen molar-refractivity contribution >= 4 is 29.8 Å². The standard InChI is InChI=1S/C26H39N3O10.Gd.H2O/c1-26(2,3)11-19-6-4-18(5-7-19)10-20(29(16-24(36)37)17-25(38)39)12-27(13-21(30)31)8-9-28(14-22(32)33)15-23(34)35;;/h4-7,20H,8-17H2,1-3H3,(H,30,31)(H,32,33)(H,34,35)(H,36,37)(H,38,39);;1H2/q;+3;/p+1. The number of carboxylic acids is 5. The molecule has 14 nitrogen and oxygen atoms in total. The number of aliphatic carboxylic acids is 5. The molecule has 1 radical (unpaired) electrons. The monoisotopic (exact) mass is 730 g/mol. The zero-order valence-electron chi connectivity index (χ0n) is 23.5. The van der Waals surface area contributed by atoms with Gasteiger partial charge in [0.1, 0.15) is 0 Å². The number of carboxylic acid groups (broad SMARTS) is 5. The SMILES string of the molecule is CC(C)(C)Cc1ccc(CC(CN(CCN(CC(=O)O)CC(=O)O)CC(=O)O)N(CC(=O)O)CC(=O)O)cc1.[Gd+3].[OH3+]. The number of benzene rings is 1. The van der Waals surface area contributed by atoms with Crippen molar-refractivity contribution in [3.63, 3.8) is 0 Å². The van der Waals surface area contributed by atoms with Crippen LogP contribution in [0.1, 0.15) is 31.9 Å². The molecule has 0 heterocycles. The van der Waals surface area contributed by atoms with Crippen LogP contribution in [0.25, 0.3) is 0 Å². The van der Waals surface area contributed by atoms with Gasteiger partial charge >= 0.3 is 69.8 Å². The molecule has 0 bridgehead atoms. The number of carbonyl (C=O) groups is 5. The number of nitrogens with zero attached hydrogens (tertiary/aromatic N) is 3. The number of rotatable bonds is 19. The topological polar surface area (TPSA) is 229 Å². The molecule has 1 aromatic rings. The molecule has 1 rings (SSSR count). The van der Waals surface area contributed by atoms with Crippen molar-refractivity contribution < 1.29 is 94.9 Å². The minimum Gasteiger partial charge on any atom is -0.480 e. The van der Waals surface area contributed by atoms with Crippen LogP contribution in [0.2, 0.25) is 0 Å². The third-order valence-electron chi connectivity index (χ3n) is 5.70. The van der Waals surface area contributed by atoms with Gasteiger partial charge in [-0.05, 0) is 29.4 Å². The van der Waals surface area contributed by atoms with E-state index in [1.54, 1.807) is 0 Å². The molecule has 1 unspecified atom stereocenters. The first-order valence-electron chi connectivity index (χ1n) is 12.4. The average Bonchev–Trinajstić information content (AvgIpc) is 2.74. The molecule has 0 saturated carbocycles. The Morgan fingerprint density at radius 1 is 0.659 bits per heavy atom. The van der Waals surface area contributed by atoms with E-state index in [1.165, 1.54) is 9.80 Å². The van der Waals surface area contributed by atoms with E-state index in [0.717, 1.165) is 22.4 Å². The summed E-state index contributed by atoms with van der Waals surface area (Å²) in [7, 11) is 0. The predicted octanol–water partition coefficient (Wildman–Crippen LogP) is -0.407. The van der Waals surface area contributed by atoms with Gasteiger partial charge in [0.25, 0.3) is 0 Å². The first-order valence-corrected chi connectivity index (χ1v) is 12.4. The molecule has 15 heteroatoms. The van der Waals surface area contributed by atoms with E-state index in [-0.39, 0.29) is 76.9 Å². The smallest absolute Gasteiger partial charge is 0.480 e. The summed E-state index contributed by atoms with van der Waals surface area (Å²) in [5.74, 6) is -6.20. The van der Waals surface area contributed by atoms with E-state index in [9.17, 15) is 39.3 Å². The van der Waals surface area contributed by atoms with Crippen molar-refractivity contribution in [2.75, 3.05) is 52.4 Å². The quantitative estimate of drug-likeness (QED) is 0.114. The number of hydrogen-bond donors (Lipinski definition) is 5. The molecule has 1 aromatic carbocycles. The summed E-state index contributed by atoms with van der Waals surface area (Å²) >= 11 is 0. The van der Waals surface area contributed by atoms with Crippen molar-refractivity contribution in [2.24, 2.45) is 5.41 Å². The molecule has 0 aliphatic rings. The van der Waals surface area contributed by atoms with Gasteiger partial charge in [-0.3, -0.25) is 38.7 Å². The van der Waals surface area contributed by atoms with E-state index in [4.69, 9.17) is 10.2 Å². The van der Waals surface area contributed by atoms with Gasteiger partial charge in [-0.1, -0.05) is 45.0 Å². The molecule has 0 spiro atoms. The van der Waals surface area contributed by atoms with Gasteiger partial charge < -0.3 is 31.0 Å². The maximum atomic E-state index is 11.6. The van der Waals surface area contributed by atoms with Crippen molar-refractivity contribution in [1.29, 1.82) is 0 Å². The maximum Gasteiger partial charge on any atom is 3.00 e. The molecule has 0 aliphatic heterocycles. The van der Waals surface area contributed by atoms with Crippen LogP contribution in [0.3, 0.4) is 0 Å². The minimum atomic E-state index is -1.25. The second-order valence-electron chi connectivity index (χ2n) is 10.7. The molecule has 0 amide bonds. The molecule has 0 aliphatic carbocycles.